The number of β-lactam (4-membered cyclic amide) rings is 1. The summed E-state index contributed by atoms with van der Waals surface area (Å²) in [4.78, 5) is 38.0. The number of esters is 2. The lowest BCUT2D eigenvalue weighted by atomic mass is 10.1. The third-order valence-corrected chi connectivity index (χ3v) is 5.66. The molecule has 0 spiro atoms. The molecule has 1 aromatic rings. The first-order chi connectivity index (χ1) is 12.5. The van der Waals surface area contributed by atoms with E-state index in [1.54, 1.807) is 35.5 Å². The molecule has 1 aromatic carbocycles. The number of amides is 1. The summed E-state index contributed by atoms with van der Waals surface area (Å²) in [6.45, 7) is 1.73. The Kier molecular flexibility index (Phi) is 3.85. The molecule has 8 nitrogen and oxygen atoms in total. The van der Waals surface area contributed by atoms with E-state index in [0.717, 1.165) is 0 Å². The number of carbonyl (C=O) groups is 3. The van der Waals surface area contributed by atoms with E-state index >= 15 is 0 Å². The highest BCUT2D eigenvalue weighted by Crippen LogP contribution is 2.43. The lowest BCUT2D eigenvalue weighted by Gasteiger charge is -2.47. The van der Waals surface area contributed by atoms with E-state index in [1.807, 2.05) is 6.07 Å². The van der Waals surface area contributed by atoms with E-state index in [9.17, 15) is 14.4 Å². The van der Waals surface area contributed by atoms with Gasteiger partial charge in [0.1, 0.15) is 11.9 Å². The second-order valence-corrected chi connectivity index (χ2v) is 7.08. The zero-order chi connectivity index (χ0) is 18.4. The Morgan fingerprint density at radius 2 is 2.19 bits per heavy atom. The minimum atomic E-state index is -1.15. The maximum absolute atomic E-state index is 12.8. The largest absolute Gasteiger partial charge is 0.417 e. The molecule has 26 heavy (non-hydrogen) atoms. The Morgan fingerprint density at radius 3 is 2.92 bits per heavy atom. The monoisotopic (exact) mass is 371 g/mol. The van der Waals surface area contributed by atoms with Gasteiger partial charge in [-0.15, -0.1) is 0 Å². The van der Waals surface area contributed by atoms with Crippen molar-refractivity contribution >= 4 is 29.8 Å². The van der Waals surface area contributed by atoms with Crippen molar-refractivity contribution < 1.29 is 23.9 Å². The predicted octanol–water partition coefficient (Wildman–Crippen LogP) is 1.68. The smallest absolute Gasteiger partial charge is 0.360 e. The molecular weight excluding hydrogens is 358 g/mol. The molecule has 9 heteroatoms. The number of benzene rings is 1. The summed E-state index contributed by atoms with van der Waals surface area (Å²) < 4.78 is 12.2. The first-order valence-electron chi connectivity index (χ1n) is 7.86. The fourth-order valence-electron chi connectivity index (χ4n) is 3.08. The fourth-order valence-corrected chi connectivity index (χ4v) is 4.28. The second-order valence-electron chi connectivity index (χ2n) is 5.89. The van der Waals surface area contributed by atoms with Crippen LogP contribution in [0.4, 0.5) is 0 Å². The number of carbonyl (C=O) groups excluding carboxylic acids is 3. The van der Waals surface area contributed by atoms with Gasteiger partial charge in [0.15, 0.2) is 5.70 Å². The third kappa shape index (κ3) is 2.42. The van der Waals surface area contributed by atoms with Crippen LogP contribution in [0.15, 0.2) is 35.7 Å². The van der Waals surface area contributed by atoms with Crippen LogP contribution >= 0.6 is 11.9 Å². The fraction of sp³-hybridized carbons (Fsp3) is 0.294. The minimum Gasteiger partial charge on any atom is -0.417 e. The SMILES string of the molecule is CC1=C(C(=O)OC2OC(=O)c3ccccc32)N2C(=O)C[C@H]2SN1CC#N. The number of nitrogens with zero attached hydrogens (tertiary/aromatic N) is 3. The number of hydrogen-bond acceptors (Lipinski definition) is 8. The van der Waals surface area contributed by atoms with Gasteiger partial charge in [-0.05, 0) is 24.9 Å². The highest BCUT2D eigenvalue weighted by Gasteiger charge is 2.48. The molecule has 4 rings (SSSR count). The van der Waals surface area contributed by atoms with Gasteiger partial charge in [-0.1, -0.05) is 18.2 Å². The number of rotatable bonds is 3. The molecule has 3 aliphatic heterocycles. The topological polar surface area (TPSA) is 99.9 Å². The molecule has 0 bridgehead atoms. The van der Waals surface area contributed by atoms with Gasteiger partial charge < -0.3 is 13.8 Å². The van der Waals surface area contributed by atoms with Gasteiger partial charge in [-0.2, -0.15) is 5.26 Å². The van der Waals surface area contributed by atoms with Gasteiger partial charge in [0.2, 0.25) is 5.91 Å². The molecule has 1 amide bonds. The van der Waals surface area contributed by atoms with Crippen molar-refractivity contribution in [1.29, 1.82) is 5.26 Å². The summed E-state index contributed by atoms with van der Waals surface area (Å²) in [6, 6.07) is 8.69. The molecule has 0 aromatic heterocycles. The van der Waals surface area contributed by atoms with Gasteiger partial charge >= 0.3 is 11.9 Å². The lowest BCUT2D eigenvalue weighted by molar-refractivity contribution is -0.168. The molecule has 0 aliphatic carbocycles. The summed E-state index contributed by atoms with van der Waals surface area (Å²) in [5.74, 6) is -1.51. The average molecular weight is 371 g/mol. The maximum Gasteiger partial charge on any atom is 0.360 e. The second kappa shape index (κ2) is 6.07. The summed E-state index contributed by atoms with van der Waals surface area (Å²) >= 11 is 1.34. The highest BCUT2D eigenvalue weighted by atomic mass is 32.2. The zero-order valence-corrected chi connectivity index (χ0v) is 14.5. The van der Waals surface area contributed by atoms with Crippen molar-refractivity contribution in [3.8, 4) is 6.07 Å². The number of hydrogen-bond donors (Lipinski definition) is 0. The van der Waals surface area contributed by atoms with Gasteiger partial charge in [-0.25, -0.2) is 9.59 Å². The Bertz CT molecular complexity index is 906. The van der Waals surface area contributed by atoms with Gasteiger partial charge in [0, 0.05) is 5.56 Å². The van der Waals surface area contributed by atoms with Crippen LogP contribution in [0.25, 0.3) is 0 Å². The molecule has 1 unspecified atom stereocenters. The van der Waals surface area contributed by atoms with Crippen molar-refractivity contribution in [1.82, 2.24) is 9.21 Å². The van der Waals surface area contributed by atoms with Crippen LogP contribution in [0, 0.1) is 11.3 Å². The molecule has 3 heterocycles. The summed E-state index contributed by atoms with van der Waals surface area (Å²) in [5, 5.41) is 8.73. The molecule has 2 atom stereocenters. The molecule has 3 aliphatic rings. The van der Waals surface area contributed by atoms with Crippen LogP contribution in [-0.2, 0) is 19.1 Å². The quantitative estimate of drug-likeness (QED) is 0.342. The molecule has 0 radical (unpaired) electrons. The molecule has 1 fully saturated rings. The third-order valence-electron chi connectivity index (χ3n) is 4.38. The molecule has 0 N–H and O–H groups in total. The van der Waals surface area contributed by atoms with E-state index in [-0.39, 0.29) is 29.9 Å². The minimum absolute atomic E-state index is 0.0764. The summed E-state index contributed by atoms with van der Waals surface area (Å²) in [7, 11) is 0. The highest BCUT2D eigenvalue weighted by molar-refractivity contribution is 7.97. The maximum atomic E-state index is 12.8. The van der Waals surface area contributed by atoms with Crippen LogP contribution < -0.4 is 0 Å². The number of ether oxygens (including phenoxy) is 2. The van der Waals surface area contributed by atoms with Crippen LogP contribution in [-0.4, -0.2) is 39.0 Å². The zero-order valence-electron chi connectivity index (χ0n) is 13.7. The Morgan fingerprint density at radius 1 is 1.42 bits per heavy atom. The van der Waals surface area contributed by atoms with Crippen molar-refractivity contribution in [2.75, 3.05) is 6.54 Å². The normalized spacial score (nSPS) is 23.7. The van der Waals surface area contributed by atoms with Crippen molar-refractivity contribution in [2.24, 2.45) is 0 Å². The average Bonchev–Trinajstić information content (AvgIpc) is 2.93. The van der Waals surface area contributed by atoms with Crippen LogP contribution in [0.3, 0.4) is 0 Å². The van der Waals surface area contributed by atoms with Crippen LogP contribution in [0.2, 0.25) is 0 Å². The van der Waals surface area contributed by atoms with E-state index < -0.39 is 18.2 Å². The lowest BCUT2D eigenvalue weighted by Crippen LogP contribution is -2.56. The van der Waals surface area contributed by atoms with Crippen LogP contribution in [0.1, 0.15) is 35.6 Å². The number of allylic oxidation sites excluding steroid dienone is 1. The summed E-state index contributed by atoms with van der Waals surface area (Å²) in [6.07, 6.45) is -0.863. The Labute approximate surface area is 153 Å². The number of cyclic esters (lactones) is 1. The van der Waals surface area contributed by atoms with Crippen molar-refractivity contribution in [2.45, 2.75) is 25.0 Å². The van der Waals surface area contributed by atoms with Crippen molar-refractivity contribution in [3.63, 3.8) is 0 Å². The summed E-state index contributed by atoms with van der Waals surface area (Å²) in [5.41, 5.74) is 1.36. The van der Waals surface area contributed by atoms with Gasteiger partial charge in [0.05, 0.1) is 23.8 Å². The number of nitriles is 1. The molecule has 132 valence electrons. The van der Waals surface area contributed by atoms with Gasteiger partial charge in [-0.3, -0.25) is 9.69 Å². The Balaban J connectivity index is 1.63. The van der Waals surface area contributed by atoms with E-state index in [1.165, 1.54) is 16.8 Å². The van der Waals surface area contributed by atoms with E-state index in [2.05, 4.69) is 0 Å². The first-order valence-corrected chi connectivity index (χ1v) is 8.70. The first kappa shape index (κ1) is 16.5. The van der Waals surface area contributed by atoms with Gasteiger partial charge in [0.25, 0.3) is 6.29 Å². The van der Waals surface area contributed by atoms with E-state index in [0.29, 0.717) is 16.8 Å². The molecule has 0 saturated carbocycles. The Hall–Kier alpha value is -2.99. The van der Waals surface area contributed by atoms with E-state index in [4.69, 9.17) is 14.7 Å². The van der Waals surface area contributed by atoms with Crippen LogP contribution in [0.5, 0.6) is 0 Å². The predicted molar refractivity (Wildman–Crippen MR) is 88.6 cm³/mol. The number of fused-ring (bicyclic) bond motifs is 2. The standard InChI is InChI=1S/C17H13N3O5S/c1-9-14(20-12(21)8-13(20)26-19(9)7-6-18)16(23)25-17-11-5-3-2-4-10(11)15(22)24-17/h2-5,13,17H,7-8H2,1H3/t13-,17?/m1/s1. The molecule has 1 saturated heterocycles. The molecular formula is C17H13N3O5S. The van der Waals surface area contributed by atoms with Crippen molar-refractivity contribution in [3.05, 3.63) is 46.8 Å².